The predicted molar refractivity (Wildman–Crippen MR) is 47.3 cm³/mol. The zero-order valence-corrected chi connectivity index (χ0v) is 8.38. The molecule has 5 nitrogen and oxygen atoms in total. The van der Waals surface area contributed by atoms with Crippen LogP contribution in [0.5, 0.6) is 0 Å². The summed E-state index contributed by atoms with van der Waals surface area (Å²) in [7, 11) is 0. The smallest absolute Gasteiger partial charge is 0.310 e. The van der Waals surface area contributed by atoms with E-state index < -0.39 is 28.6 Å². The summed E-state index contributed by atoms with van der Waals surface area (Å²) in [6.45, 7) is 4.41. The van der Waals surface area contributed by atoms with E-state index in [0.29, 0.717) is 0 Å². The van der Waals surface area contributed by atoms with Gasteiger partial charge in [-0.15, -0.1) is 0 Å². The maximum atomic E-state index is 11.5. The summed E-state index contributed by atoms with van der Waals surface area (Å²) in [5.41, 5.74) is -2.40. The Hall–Kier alpha value is -1.39. The van der Waals surface area contributed by atoms with E-state index in [-0.39, 0.29) is 6.42 Å². The number of hydrogen-bond acceptors (Lipinski definition) is 3. The lowest BCUT2D eigenvalue weighted by Crippen LogP contribution is -2.46. The lowest BCUT2D eigenvalue weighted by atomic mass is 9.65. The van der Waals surface area contributed by atoms with Crippen molar-refractivity contribution in [1.82, 2.24) is 5.32 Å². The number of rotatable bonds is 2. The second-order valence-corrected chi connectivity index (χ2v) is 4.32. The molecule has 2 amide bonds. The fraction of sp³-hybridized carbons (Fsp3) is 0.667. The molecule has 1 rings (SSSR count). The predicted octanol–water partition coefficient (Wildman–Crippen LogP) is 0.150. The first-order valence-electron chi connectivity index (χ1n) is 4.29. The van der Waals surface area contributed by atoms with Crippen molar-refractivity contribution in [3.05, 3.63) is 0 Å². The second-order valence-electron chi connectivity index (χ2n) is 4.32. The lowest BCUT2D eigenvalue weighted by Gasteiger charge is -2.34. The van der Waals surface area contributed by atoms with Crippen molar-refractivity contribution >= 4 is 17.8 Å². The maximum absolute atomic E-state index is 11.5. The Labute approximate surface area is 81.5 Å². The molecule has 0 aromatic carbocycles. The molecular formula is C9H13NO4. The van der Waals surface area contributed by atoms with E-state index in [0.717, 1.165) is 0 Å². The number of carbonyl (C=O) groups is 3. The fourth-order valence-electron chi connectivity index (χ4n) is 1.45. The van der Waals surface area contributed by atoms with Crippen molar-refractivity contribution in [3.8, 4) is 0 Å². The zero-order valence-electron chi connectivity index (χ0n) is 8.38. The molecule has 5 heteroatoms. The van der Waals surface area contributed by atoms with Crippen LogP contribution in [0.15, 0.2) is 0 Å². The second kappa shape index (κ2) is 2.80. The van der Waals surface area contributed by atoms with Gasteiger partial charge in [0, 0.05) is 6.42 Å². The molecule has 0 saturated carbocycles. The average Bonchev–Trinajstić information content (AvgIpc) is 2.27. The molecule has 1 atom stereocenters. The Bertz CT molecular complexity index is 321. The summed E-state index contributed by atoms with van der Waals surface area (Å²) in [6, 6.07) is 0. The first kappa shape index (κ1) is 10.7. The molecule has 1 saturated heterocycles. The van der Waals surface area contributed by atoms with Crippen LogP contribution in [-0.2, 0) is 14.4 Å². The number of amides is 2. The van der Waals surface area contributed by atoms with Crippen LogP contribution in [0.25, 0.3) is 0 Å². The number of nitrogens with one attached hydrogen (secondary N) is 1. The highest BCUT2D eigenvalue weighted by Crippen LogP contribution is 2.44. The molecule has 0 radical (unpaired) electrons. The van der Waals surface area contributed by atoms with Gasteiger partial charge < -0.3 is 5.11 Å². The standard InChI is InChI=1S/C9H13NO4/c1-8(2,7(13)14)9(3)4-5(11)10-6(9)12/h4H2,1-3H3,(H,13,14)(H,10,11,12). The molecule has 0 aliphatic carbocycles. The number of hydrogen-bond donors (Lipinski definition) is 2. The van der Waals surface area contributed by atoms with E-state index >= 15 is 0 Å². The summed E-state index contributed by atoms with van der Waals surface area (Å²) in [4.78, 5) is 33.4. The number of imide groups is 1. The molecule has 1 unspecified atom stereocenters. The SMILES string of the molecule is CC(C)(C(=O)O)C1(C)CC(=O)NC1=O. The van der Waals surface area contributed by atoms with Crippen molar-refractivity contribution in [2.45, 2.75) is 27.2 Å². The Morgan fingerprint density at radius 1 is 1.50 bits per heavy atom. The van der Waals surface area contributed by atoms with Gasteiger partial charge in [-0.2, -0.15) is 0 Å². The summed E-state index contributed by atoms with van der Waals surface area (Å²) in [6.07, 6.45) is -0.0644. The Morgan fingerprint density at radius 2 is 2.00 bits per heavy atom. The minimum absolute atomic E-state index is 0.0644. The van der Waals surface area contributed by atoms with Crippen molar-refractivity contribution in [3.63, 3.8) is 0 Å². The third kappa shape index (κ3) is 1.20. The molecular weight excluding hydrogens is 186 g/mol. The van der Waals surface area contributed by atoms with E-state index in [1.54, 1.807) is 0 Å². The summed E-state index contributed by atoms with van der Waals surface area (Å²) < 4.78 is 0. The normalized spacial score (nSPS) is 27.6. The lowest BCUT2D eigenvalue weighted by molar-refractivity contribution is -0.159. The highest BCUT2D eigenvalue weighted by atomic mass is 16.4. The van der Waals surface area contributed by atoms with Crippen LogP contribution in [0.4, 0.5) is 0 Å². The van der Waals surface area contributed by atoms with E-state index in [1.807, 2.05) is 0 Å². The van der Waals surface area contributed by atoms with Crippen LogP contribution in [0.3, 0.4) is 0 Å². The Balaban J connectivity index is 3.13. The molecule has 78 valence electrons. The molecule has 1 heterocycles. The molecule has 2 N–H and O–H groups in total. The van der Waals surface area contributed by atoms with Crippen LogP contribution in [0.1, 0.15) is 27.2 Å². The molecule has 14 heavy (non-hydrogen) atoms. The van der Waals surface area contributed by atoms with Crippen molar-refractivity contribution < 1.29 is 19.5 Å². The van der Waals surface area contributed by atoms with Crippen LogP contribution in [0.2, 0.25) is 0 Å². The van der Waals surface area contributed by atoms with Crippen LogP contribution < -0.4 is 5.32 Å². The van der Waals surface area contributed by atoms with Crippen molar-refractivity contribution in [1.29, 1.82) is 0 Å². The van der Waals surface area contributed by atoms with E-state index in [9.17, 15) is 14.4 Å². The molecule has 0 spiro atoms. The molecule has 0 aromatic heterocycles. The number of carboxylic acid groups (broad SMARTS) is 1. The van der Waals surface area contributed by atoms with Gasteiger partial charge in [-0.3, -0.25) is 19.7 Å². The fourth-order valence-corrected chi connectivity index (χ4v) is 1.45. The quantitative estimate of drug-likeness (QED) is 0.620. The largest absolute Gasteiger partial charge is 0.481 e. The maximum Gasteiger partial charge on any atom is 0.310 e. The van der Waals surface area contributed by atoms with Gasteiger partial charge >= 0.3 is 5.97 Å². The van der Waals surface area contributed by atoms with Crippen molar-refractivity contribution in [2.75, 3.05) is 0 Å². The highest BCUT2D eigenvalue weighted by Gasteiger charge is 2.56. The zero-order chi connectivity index (χ0) is 11.1. The van der Waals surface area contributed by atoms with E-state index in [4.69, 9.17) is 5.11 Å². The first-order chi connectivity index (χ1) is 6.22. The average molecular weight is 199 g/mol. The number of carboxylic acids is 1. The third-order valence-electron chi connectivity index (χ3n) is 3.18. The Kier molecular flexibility index (Phi) is 2.14. The minimum atomic E-state index is -1.25. The summed E-state index contributed by atoms with van der Waals surface area (Å²) in [5.74, 6) is -1.99. The summed E-state index contributed by atoms with van der Waals surface area (Å²) in [5, 5.41) is 11.1. The van der Waals surface area contributed by atoms with Gasteiger partial charge in [0.2, 0.25) is 11.8 Å². The first-order valence-corrected chi connectivity index (χ1v) is 4.29. The monoisotopic (exact) mass is 199 g/mol. The van der Waals surface area contributed by atoms with Gasteiger partial charge in [-0.1, -0.05) is 0 Å². The molecule has 1 aliphatic heterocycles. The van der Waals surface area contributed by atoms with Gasteiger partial charge in [0.05, 0.1) is 10.8 Å². The van der Waals surface area contributed by atoms with Gasteiger partial charge in [0.1, 0.15) is 0 Å². The summed E-state index contributed by atoms with van der Waals surface area (Å²) >= 11 is 0. The van der Waals surface area contributed by atoms with E-state index in [1.165, 1.54) is 20.8 Å². The van der Waals surface area contributed by atoms with Crippen molar-refractivity contribution in [2.24, 2.45) is 10.8 Å². The number of carbonyl (C=O) groups excluding carboxylic acids is 2. The topological polar surface area (TPSA) is 83.5 Å². The van der Waals surface area contributed by atoms with Gasteiger partial charge in [-0.25, -0.2) is 0 Å². The minimum Gasteiger partial charge on any atom is -0.481 e. The van der Waals surface area contributed by atoms with Gasteiger partial charge in [0.15, 0.2) is 0 Å². The molecule has 0 aromatic rings. The van der Waals surface area contributed by atoms with Gasteiger partial charge in [-0.05, 0) is 20.8 Å². The molecule has 1 aliphatic rings. The van der Waals surface area contributed by atoms with Crippen LogP contribution >= 0.6 is 0 Å². The van der Waals surface area contributed by atoms with Gasteiger partial charge in [0.25, 0.3) is 0 Å². The van der Waals surface area contributed by atoms with Crippen LogP contribution in [0, 0.1) is 10.8 Å². The molecule has 0 bridgehead atoms. The van der Waals surface area contributed by atoms with E-state index in [2.05, 4.69) is 5.32 Å². The molecule has 1 fully saturated rings. The Morgan fingerprint density at radius 3 is 2.29 bits per heavy atom. The van der Waals surface area contributed by atoms with Crippen LogP contribution in [-0.4, -0.2) is 22.9 Å². The highest BCUT2D eigenvalue weighted by molar-refractivity contribution is 6.07. The third-order valence-corrected chi connectivity index (χ3v) is 3.18. The number of aliphatic carboxylic acids is 1.